The number of rotatable bonds is 3. The average molecular weight is 142 g/mol. The summed E-state index contributed by atoms with van der Waals surface area (Å²) in [6, 6.07) is 0. The van der Waals surface area contributed by atoms with Crippen molar-refractivity contribution in [3.05, 3.63) is 0 Å². The van der Waals surface area contributed by atoms with Gasteiger partial charge in [0.25, 0.3) is 0 Å². The molecule has 0 fully saturated rings. The summed E-state index contributed by atoms with van der Waals surface area (Å²) in [4.78, 5) is 7.97. The van der Waals surface area contributed by atoms with Gasteiger partial charge < -0.3 is 9.42 Å². The lowest BCUT2D eigenvalue weighted by Crippen LogP contribution is -1.84. The summed E-state index contributed by atoms with van der Waals surface area (Å²) in [6.45, 7) is 0.247. The highest BCUT2D eigenvalue weighted by Gasteiger charge is 1.85. The Morgan fingerprint density at radius 2 is 2.43 bits per heavy atom. The molecule has 0 radical (unpaired) electrons. The summed E-state index contributed by atoms with van der Waals surface area (Å²) in [5.74, 6) is 0.483. The molecule has 0 bridgehead atoms. The Morgan fingerprint density at radius 3 is 2.57 bits per heavy atom. The first kappa shape index (κ1) is 7.50. The molecule has 3 nitrogen and oxygen atoms in total. The molecule has 0 heterocycles. The van der Waals surface area contributed by atoms with Gasteiger partial charge in [-0.25, -0.2) is 0 Å². The van der Waals surface area contributed by atoms with Crippen LogP contribution in [0.3, 0.4) is 0 Å². The normalized spacial score (nSPS) is 14.0. The molecule has 0 saturated carbocycles. The predicted molar refractivity (Wildman–Crippen MR) is 31.0 cm³/mol. The van der Waals surface area contributed by atoms with E-state index in [-0.39, 0.29) is 6.61 Å². The van der Waals surface area contributed by atoms with Crippen LogP contribution < -0.4 is 0 Å². The fourth-order valence-corrected chi connectivity index (χ4v) is 0.673. The molecule has 0 aromatic heterocycles. The van der Waals surface area contributed by atoms with Crippen LogP contribution in [-0.4, -0.2) is 17.3 Å². The van der Waals surface area contributed by atoms with E-state index < -0.39 is 8.25 Å². The van der Waals surface area contributed by atoms with Gasteiger partial charge in [0.05, 0.1) is 6.61 Å². The Bertz CT molecular complexity index is 66.0. The maximum absolute atomic E-state index is 9.69. The minimum atomic E-state index is -2.70. The van der Waals surface area contributed by atoms with Gasteiger partial charge in [0.2, 0.25) is 0 Å². The second-order valence-electron chi connectivity index (χ2n) is 0.838. The second kappa shape index (κ2) is 4.65. The molecule has 1 unspecified atom stereocenters. The Morgan fingerprint density at radius 1 is 1.86 bits per heavy atom. The van der Waals surface area contributed by atoms with Crippen LogP contribution in [0.25, 0.3) is 0 Å². The quantitative estimate of drug-likeness (QED) is 0.440. The predicted octanol–water partition coefficient (Wildman–Crippen LogP) is 0.315. The van der Waals surface area contributed by atoms with Crippen LogP contribution in [0.4, 0.5) is 0 Å². The first-order chi connectivity index (χ1) is 3.27. The smallest absolute Gasteiger partial charge is 0.316 e. The van der Waals surface area contributed by atoms with Crippen LogP contribution in [0.2, 0.25) is 0 Å². The highest BCUT2D eigenvalue weighted by molar-refractivity contribution is 7.80. The van der Waals surface area contributed by atoms with Crippen molar-refractivity contribution in [2.75, 3.05) is 12.4 Å². The Hall–Kier alpha value is 0.500. The topological polar surface area (TPSA) is 46.5 Å². The summed E-state index contributed by atoms with van der Waals surface area (Å²) < 4.78 is 13.9. The van der Waals surface area contributed by atoms with Crippen LogP contribution in [0.15, 0.2) is 0 Å². The van der Waals surface area contributed by atoms with E-state index in [0.29, 0.717) is 5.75 Å². The zero-order chi connectivity index (χ0) is 5.70. The van der Waals surface area contributed by atoms with Crippen LogP contribution >= 0.6 is 20.9 Å². The van der Waals surface area contributed by atoms with E-state index >= 15 is 0 Å². The van der Waals surface area contributed by atoms with Crippen LogP contribution in [-0.2, 0) is 9.09 Å². The van der Waals surface area contributed by atoms with Crippen molar-refractivity contribution >= 4 is 20.9 Å². The van der Waals surface area contributed by atoms with Crippen molar-refractivity contribution in [1.29, 1.82) is 0 Å². The molecule has 7 heavy (non-hydrogen) atoms. The number of hydrogen-bond acceptors (Lipinski definition) is 3. The van der Waals surface area contributed by atoms with Crippen molar-refractivity contribution < 1.29 is 14.0 Å². The maximum Gasteiger partial charge on any atom is 0.316 e. The zero-order valence-corrected chi connectivity index (χ0v) is 5.52. The molecular weight excluding hydrogens is 135 g/mol. The van der Waals surface area contributed by atoms with Crippen LogP contribution in [0.5, 0.6) is 0 Å². The third-order valence-electron chi connectivity index (χ3n) is 0.317. The molecule has 0 aliphatic carbocycles. The molecule has 0 rings (SSSR count). The first-order valence-electron chi connectivity index (χ1n) is 1.74. The van der Waals surface area contributed by atoms with Crippen molar-refractivity contribution in [2.45, 2.75) is 0 Å². The molecule has 0 aliphatic rings. The van der Waals surface area contributed by atoms with Gasteiger partial charge in [-0.1, -0.05) is 0 Å². The summed E-state index contributed by atoms with van der Waals surface area (Å²) in [5.41, 5.74) is 0. The molecule has 44 valence electrons. The highest BCUT2D eigenvalue weighted by Crippen LogP contribution is 2.12. The Labute approximate surface area is 48.0 Å². The third-order valence-corrected chi connectivity index (χ3v) is 0.950. The van der Waals surface area contributed by atoms with Gasteiger partial charge in [0.1, 0.15) is 0 Å². The zero-order valence-electron chi connectivity index (χ0n) is 3.63. The lowest BCUT2D eigenvalue weighted by Gasteiger charge is -1.90. The maximum atomic E-state index is 9.69. The van der Waals surface area contributed by atoms with Gasteiger partial charge >= 0.3 is 8.25 Å². The summed E-state index contributed by atoms with van der Waals surface area (Å²) in [7, 11) is -2.70. The first-order valence-corrected chi connectivity index (χ1v) is 3.63. The van der Waals surface area contributed by atoms with Crippen molar-refractivity contribution in [2.24, 2.45) is 0 Å². The fourth-order valence-electron chi connectivity index (χ4n) is 0.133. The Balaban J connectivity index is 2.82. The molecule has 0 aliphatic heterocycles. The molecule has 0 saturated heterocycles. The average Bonchev–Trinajstić information content (AvgIpc) is 1.61. The molecule has 5 heteroatoms. The van der Waals surface area contributed by atoms with Gasteiger partial charge in [0.15, 0.2) is 0 Å². The molecule has 0 spiro atoms. The lowest BCUT2D eigenvalue weighted by molar-refractivity contribution is 0.300. The third kappa shape index (κ3) is 6.50. The summed E-state index contributed by atoms with van der Waals surface area (Å²) in [5, 5.41) is 0. The van der Waals surface area contributed by atoms with Gasteiger partial charge in [0, 0.05) is 5.75 Å². The van der Waals surface area contributed by atoms with Gasteiger partial charge in [-0.3, -0.25) is 4.57 Å². The van der Waals surface area contributed by atoms with E-state index in [1.807, 2.05) is 0 Å². The molecule has 1 N–H and O–H groups in total. The lowest BCUT2D eigenvalue weighted by atomic mass is 10.9. The van der Waals surface area contributed by atoms with Crippen molar-refractivity contribution in [1.82, 2.24) is 0 Å². The van der Waals surface area contributed by atoms with Gasteiger partial charge in [-0.15, -0.1) is 0 Å². The van der Waals surface area contributed by atoms with Gasteiger partial charge in [-0.05, 0) is 0 Å². The molecule has 0 aromatic rings. The standard InChI is InChI=1S/C2H7O3PS/c3-6(4)5-1-2-7/h6-7H,1-2H2,(H,3,4). The minimum Gasteiger partial charge on any atom is -0.326 e. The molecule has 0 aromatic carbocycles. The summed E-state index contributed by atoms with van der Waals surface area (Å²) >= 11 is 3.74. The van der Waals surface area contributed by atoms with E-state index in [9.17, 15) is 4.57 Å². The van der Waals surface area contributed by atoms with Gasteiger partial charge in [-0.2, -0.15) is 12.6 Å². The second-order valence-corrected chi connectivity index (χ2v) is 2.11. The van der Waals surface area contributed by atoms with Crippen molar-refractivity contribution in [3.8, 4) is 0 Å². The highest BCUT2D eigenvalue weighted by atomic mass is 32.1. The molecule has 1 atom stereocenters. The minimum absolute atomic E-state index is 0.247. The largest absolute Gasteiger partial charge is 0.326 e. The fraction of sp³-hybridized carbons (Fsp3) is 1.00. The van der Waals surface area contributed by atoms with Crippen LogP contribution in [0, 0.1) is 0 Å². The van der Waals surface area contributed by atoms with E-state index in [2.05, 4.69) is 17.2 Å². The van der Waals surface area contributed by atoms with E-state index in [1.165, 1.54) is 0 Å². The summed E-state index contributed by atoms with van der Waals surface area (Å²) in [6.07, 6.45) is 0. The van der Waals surface area contributed by atoms with E-state index in [4.69, 9.17) is 4.89 Å². The van der Waals surface area contributed by atoms with E-state index in [1.54, 1.807) is 0 Å². The Kier molecular flexibility index (Phi) is 4.99. The number of hydrogen-bond donors (Lipinski definition) is 2. The molecular formula is C2H7O3PS. The SMILES string of the molecule is O=[PH](O)OCCS. The molecule has 0 amide bonds. The van der Waals surface area contributed by atoms with Crippen LogP contribution in [0.1, 0.15) is 0 Å². The van der Waals surface area contributed by atoms with E-state index in [0.717, 1.165) is 0 Å². The monoisotopic (exact) mass is 142 g/mol. The van der Waals surface area contributed by atoms with Crippen molar-refractivity contribution in [3.63, 3.8) is 0 Å². The number of thiol groups is 1.